The van der Waals surface area contributed by atoms with E-state index in [-0.39, 0.29) is 0 Å². The number of allylic oxidation sites excluding steroid dienone is 2. The Hall–Kier alpha value is -1.04. The van der Waals surface area contributed by atoms with Gasteiger partial charge in [0.15, 0.2) is 0 Å². The minimum Gasteiger partial charge on any atom is -0.0804 e. The summed E-state index contributed by atoms with van der Waals surface area (Å²) >= 11 is 0. The maximum absolute atomic E-state index is 2.55. The Kier molecular flexibility index (Phi) is 10.1. The molecule has 0 saturated carbocycles. The number of unbranched alkanes of at least 4 members (excludes halogenated alkanes) is 6. The molecule has 0 nitrogen and oxygen atoms in total. The van der Waals surface area contributed by atoms with Crippen molar-refractivity contribution in [2.24, 2.45) is 11.8 Å². The standard InChI is InChI=1S/C26H42/c1-4-6-8-9-11-13-23-14-16-25(17-15-23)26-20-18-24(19-21-26)22(3)12-10-7-5-2/h14-17,20,22,24H,4-13,18-19,21H2,1-3H3. The highest BCUT2D eigenvalue weighted by Crippen LogP contribution is 2.35. The van der Waals surface area contributed by atoms with E-state index in [9.17, 15) is 0 Å². The summed E-state index contributed by atoms with van der Waals surface area (Å²) in [6, 6.07) is 9.49. The predicted octanol–water partition coefficient (Wildman–Crippen LogP) is 8.60. The highest BCUT2D eigenvalue weighted by Gasteiger charge is 2.20. The van der Waals surface area contributed by atoms with Gasteiger partial charge in [0.05, 0.1) is 0 Å². The zero-order valence-electron chi connectivity index (χ0n) is 17.7. The summed E-state index contributed by atoms with van der Waals surface area (Å²) in [5.74, 6) is 1.81. The van der Waals surface area contributed by atoms with Crippen LogP contribution in [0.15, 0.2) is 30.3 Å². The van der Waals surface area contributed by atoms with E-state index in [1.165, 1.54) is 94.6 Å². The molecule has 0 fully saturated rings. The van der Waals surface area contributed by atoms with Crippen molar-refractivity contribution in [3.05, 3.63) is 41.5 Å². The van der Waals surface area contributed by atoms with Crippen LogP contribution in [0, 0.1) is 11.8 Å². The van der Waals surface area contributed by atoms with Crippen LogP contribution in [0.2, 0.25) is 0 Å². The molecule has 1 aliphatic carbocycles. The minimum atomic E-state index is 0.898. The summed E-state index contributed by atoms with van der Waals surface area (Å²) in [6.45, 7) is 7.07. The van der Waals surface area contributed by atoms with E-state index in [1.54, 1.807) is 5.57 Å². The fourth-order valence-electron chi connectivity index (χ4n) is 4.40. The number of aryl methyl sites for hydroxylation is 1. The SMILES string of the molecule is CCCCCCCc1ccc(C2=CCC(C(C)CCCCC)CC2)cc1. The Balaban J connectivity index is 1.77. The summed E-state index contributed by atoms with van der Waals surface area (Å²) in [4.78, 5) is 0. The normalized spacial score (nSPS) is 18.6. The van der Waals surface area contributed by atoms with E-state index in [0.29, 0.717) is 0 Å². The minimum absolute atomic E-state index is 0.898. The molecule has 146 valence electrons. The van der Waals surface area contributed by atoms with Gasteiger partial charge >= 0.3 is 0 Å². The van der Waals surface area contributed by atoms with Gasteiger partial charge in [-0.05, 0) is 60.6 Å². The van der Waals surface area contributed by atoms with Crippen molar-refractivity contribution in [2.75, 3.05) is 0 Å². The van der Waals surface area contributed by atoms with Gasteiger partial charge in [-0.25, -0.2) is 0 Å². The van der Waals surface area contributed by atoms with E-state index in [4.69, 9.17) is 0 Å². The van der Waals surface area contributed by atoms with Gasteiger partial charge in [-0.1, -0.05) is 102 Å². The van der Waals surface area contributed by atoms with Crippen molar-refractivity contribution in [3.8, 4) is 0 Å². The third-order valence-electron chi connectivity index (χ3n) is 6.41. The monoisotopic (exact) mass is 354 g/mol. The first-order valence-electron chi connectivity index (χ1n) is 11.5. The Morgan fingerprint density at radius 3 is 2.23 bits per heavy atom. The number of benzene rings is 1. The van der Waals surface area contributed by atoms with Crippen LogP contribution in [0.25, 0.3) is 5.57 Å². The highest BCUT2D eigenvalue weighted by molar-refractivity contribution is 5.66. The van der Waals surface area contributed by atoms with Crippen molar-refractivity contribution in [2.45, 2.75) is 104 Å². The lowest BCUT2D eigenvalue weighted by Gasteiger charge is -2.27. The van der Waals surface area contributed by atoms with E-state index >= 15 is 0 Å². The zero-order valence-corrected chi connectivity index (χ0v) is 17.7. The van der Waals surface area contributed by atoms with E-state index in [1.807, 2.05) is 0 Å². The fourth-order valence-corrected chi connectivity index (χ4v) is 4.40. The molecule has 2 rings (SSSR count). The van der Waals surface area contributed by atoms with E-state index < -0.39 is 0 Å². The van der Waals surface area contributed by atoms with Crippen LogP contribution in [0.3, 0.4) is 0 Å². The first-order valence-corrected chi connectivity index (χ1v) is 11.5. The topological polar surface area (TPSA) is 0 Å². The van der Waals surface area contributed by atoms with Crippen LogP contribution < -0.4 is 0 Å². The highest BCUT2D eigenvalue weighted by atomic mass is 14.3. The van der Waals surface area contributed by atoms with Gasteiger partial charge < -0.3 is 0 Å². The lowest BCUT2D eigenvalue weighted by molar-refractivity contribution is 0.308. The second-order valence-electron chi connectivity index (χ2n) is 8.60. The molecule has 0 saturated heterocycles. The Morgan fingerprint density at radius 2 is 1.58 bits per heavy atom. The molecule has 1 aromatic carbocycles. The molecular weight excluding hydrogens is 312 g/mol. The van der Waals surface area contributed by atoms with Gasteiger partial charge in [0, 0.05) is 0 Å². The lowest BCUT2D eigenvalue weighted by Crippen LogP contribution is -2.14. The zero-order chi connectivity index (χ0) is 18.6. The van der Waals surface area contributed by atoms with Crippen molar-refractivity contribution in [1.82, 2.24) is 0 Å². The molecule has 0 heterocycles. The molecule has 0 bridgehead atoms. The summed E-state index contributed by atoms with van der Waals surface area (Å²) in [6.07, 6.45) is 20.2. The maximum Gasteiger partial charge on any atom is -0.0228 e. The Bertz CT molecular complexity index is 507. The molecule has 0 spiro atoms. The van der Waals surface area contributed by atoms with E-state index in [2.05, 4.69) is 51.1 Å². The Morgan fingerprint density at radius 1 is 0.885 bits per heavy atom. The Labute approximate surface area is 163 Å². The van der Waals surface area contributed by atoms with Gasteiger partial charge in [-0.2, -0.15) is 0 Å². The molecule has 0 aromatic heterocycles. The largest absolute Gasteiger partial charge is 0.0804 e. The van der Waals surface area contributed by atoms with Crippen molar-refractivity contribution < 1.29 is 0 Å². The second kappa shape index (κ2) is 12.4. The maximum atomic E-state index is 2.55. The van der Waals surface area contributed by atoms with Crippen LogP contribution in [0.1, 0.15) is 109 Å². The van der Waals surface area contributed by atoms with Gasteiger partial charge in [0.2, 0.25) is 0 Å². The molecule has 1 aliphatic rings. The van der Waals surface area contributed by atoms with Gasteiger partial charge in [-0.3, -0.25) is 0 Å². The van der Waals surface area contributed by atoms with Gasteiger partial charge in [-0.15, -0.1) is 0 Å². The first kappa shape index (κ1) is 21.3. The molecule has 0 aliphatic heterocycles. The molecule has 0 radical (unpaired) electrons. The molecule has 2 unspecified atom stereocenters. The summed E-state index contributed by atoms with van der Waals surface area (Å²) in [5.41, 5.74) is 4.58. The van der Waals surface area contributed by atoms with Crippen LogP contribution in [-0.4, -0.2) is 0 Å². The van der Waals surface area contributed by atoms with Crippen LogP contribution in [0.5, 0.6) is 0 Å². The van der Waals surface area contributed by atoms with Crippen LogP contribution >= 0.6 is 0 Å². The number of rotatable bonds is 12. The average Bonchev–Trinajstić information content (AvgIpc) is 2.68. The summed E-state index contributed by atoms with van der Waals surface area (Å²) < 4.78 is 0. The molecule has 0 amide bonds. The summed E-state index contributed by atoms with van der Waals surface area (Å²) in [7, 11) is 0. The smallest absolute Gasteiger partial charge is 0.0228 e. The molecule has 1 aromatic rings. The van der Waals surface area contributed by atoms with Crippen molar-refractivity contribution >= 4 is 5.57 Å². The van der Waals surface area contributed by atoms with Crippen molar-refractivity contribution in [3.63, 3.8) is 0 Å². The third-order valence-corrected chi connectivity index (χ3v) is 6.41. The van der Waals surface area contributed by atoms with Crippen LogP contribution in [0.4, 0.5) is 0 Å². The van der Waals surface area contributed by atoms with E-state index in [0.717, 1.165) is 11.8 Å². The molecule has 0 heteroatoms. The van der Waals surface area contributed by atoms with Crippen LogP contribution in [-0.2, 0) is 6.42 Å². The number of hydrogen-bond donors (Lipinski definition) is 0. The van der Waals surface area contributed by atoms with Crippen molar-refractivity contribution in [1.29, 1.82) is 0 Å². The predicted molar refractivity (Wildman–Crippen MR) is 118 cm³/mol. The lowest BCUT2D eigenvalue weighted by atomic mass is 9.78. The second-order valence-corrected chi connectivity index (χ2v) is 8.60. The molecule has 26 heavy (non-hydrogen) atoms. The fraction of sp³-hybridized carbons (Fsp3) is 0.692. The van der Waals surface area contributed by atoms with Gasteiger partial charge in [0.25, 0.3) is 0 Å². The summed E-state index contributed by atoms with van der Waals surface area (Å²) in [5, 5.41) is 0. The third kappa shape index (κ3) is 7.29. The first-order chi connectivity index (χ1) is 12.7. The molecule has 2 atom stereocenters. The average molecular weight is 355 g/mol. The number of hydrogen-bond acceptors (Lipinski definition) is 0. The van der Waals surface area contributed by atoms with Gasteiger partial charge in [0.1, 0.15) is 0 Å². The molecular formula is C26H42. The molecule has 0 N–H and O–H groups in total. The quantitative estimate of drug-likeness (QED) is 0.330.